The zero-order valence-electron chi connectivity index (χ0n) is 15.1. The minimum absolute atomic E-state index is 0.0518. The lowest BCUT2D eigenvalue weighted by Crippen LogP contribution is -2.38. The number of unbranched alkanes of at least 4 members (excludes halogenated alkanes) is 1. The van der Waals surface area contributed by atoms with Gasteiger partial charge >= 0.3 is 0 Å². The first-order valence-electron chi connectivity index (χ1n) is 8.72. The Balaban J connectivity index is 2.25. The Labute approximate surface area is 164 Å². The molecule has 0 fully saturated rings. The fourth-order valence-electron chi connectivity index (χ4n) is 2.12. The molecule has 0 unspecified atom stereocenters. The summed E-state index contributed by atoms with van der Waals surface area (Å²) in [7, 11) is 0. The van der Waals surface area contributed by atoms with E-state index in [0.29, 0.717) is 18.7 Å². The van der Waals surface area contributed by atoms with Crippen LogP contribution in [0.25, 0.3) is 0 Å². The van der Waals surface area contributed by atoms with Gasteiger partial charge in [-0.1, -0.05) is 22.0 Å². The lowest BCUT2D eigenvalue weighted by Gasteiger charge is -2.11. The summed E-state index contributed by atoms with van der Waals surface area (Å²) in [6.45, 7) is 5.13. The highest BCUT2D eigenvalue weighted by Crippen LogP contribution is 2.11. The van der Waals surface area contributed by atoms with Crippen LogP contribution in [0.3, 0.4) is 0 Å². The Morgan fingerprint density at radius 1 is 1.16 bits per heavy atom. The number of hydrogen-bond acceptors (Lipinski definition) is 3. The molecule has 1 rings (SSSR count). The molecule has 7 heteroatoms. The van der Waals surface area contributed by atoms with Crippen molar-refractivity contribution in [2.75, 3.05) is 38.2 Å². The van der Waals surface area contributed by atoms with Crippen LogP contribution in [0.5, 0.6) is 0 Å². The van der Waals surface area contributed by atoms with Gasteiger partial charge in [0.15, 0.2) is 5.96 Å². The number of thioether (sulfide) groups is 1. The Morgan fingerprint density at radius 2 is 1.96 bits per heavy atom. The summed E-state index contributed by atoms with van der Waals surface area (Å²) in [5.74, 6) is 2.00. The Hall–Kier alpha value is -1.21. The second kappa shape index (κ2) is 14.0. The van der Waals surface area contributed by atoms with Gasteiger partial charge in [-0.15, -0.1) is 0 Å². The van der Waals surface area contributed by atoms with E-state index in [0.717, 1.165) is 36.4 Å². The van der Waals surface area contributed by atoms with E-state index in [9.17, 15) is 4.79 Å². The quantitative estimate of drug-likeness (QED) is 0.287. The number of aliphatic imine (C=N–C) groups is 1. The second-order valence-corrected chi connectivity index (χ2v) is 7.41. The zero-order valence-corrected chi connectivity index (χ0v) is 17.5. The molecule has 0 saturated heterocycles. The zero-order chi connectivity index (χ0) is 18.3. The summed E-state index contributed by atoms with van der Waals surface area (Å²) in [5.41, 5.74) is 0.665. The van der Waals surface area contributed by atoms with Gasteiger partial charge in [0.2, 0.25) is 0 Å². The van der Waals surface area contributed by atoms with Gasteiger partial charge in [-0.25, -0.2) is 0 Å². The maximum absolute atomic E-state index is 12.0. The smallest absolute Gasteiger partial charge is 0.251 e. The predicted octanol–water partition coefficient (Wildman–Crippen LogP) is 3.27. The van der Waals surface area contributed by atoms with Crippen LogP contribution in [0, 0.1) is 0 Å². The molecule has 0 aliphatic heterocycles. The maximum Gasteiger partial charge on any atom is 0.251 e. The van der Waals surface area contributed by atoms with E-state index in [-0.39, 0.29) is 5.91 Å². The summed E-state index contributed by atoms with van der Waals surface area (Å²) in [4.78, 5) is 16.6. The molecule has 1 aromatic rings. The predicted molar refractivity (Wildman–Crippen MR) is 113 cm³/mol. The lowest BCUT2D eigenvalue weighted by molar-refractivity contribution is 0.0953. The standard InChI is InChI=1S/C18H29BrN4OS/c1-3-20-18(22-10-4-5-13-25-2)23-12-7-11-21-17(24)15-8-6-9-16(19)14-15/h6,8-9,14H,3-5,7,10-13H2,1-2H3,(H,21,24)(H2,20,22,23). The van der Waals surface area contributed by atoms with Crippen molar-refractivity contribution < 1.29 is 4.79 Å². The minimum atomic E-state index is -0.0518. The van der Waals surface area contributed by atoms with Gasteiger partial charge in [0, 0.05) is 36.2 Å². The van der Waals surface area contributed by atoms with E-state index in [2.05, 4.69) is 50.1 Å². The topological polar surface area (TPSA) is 65.5 Å². The number of halogens is 1. The van der Waals surface area contributed by atoms with E-state index in [1.807, 2.05) is 36.0 Å². The Morgan fingerprint density at radius 3 is 2.68 bits per heavy atom. The van der Waals surface area contributed by atoms with Gasteiger partial charge in [0.25, 0.3) is 5.91 Å². The van der Waals surface area contributed by atoms with Gasteiger partial charge in [-0.3, -0.25) is 9.79 Å². The second-order valence-electron chi connectivity index (χ2n) is 5.51. The molecule has 0 aromatic heterocycles. The molecular formula is C18H29BrN4OS. The number of benzene rings is 1. The monoisotopic (exact) mass is 428 g/mol. The van der Waals surface area contributed by atoms with Gasteiger partial charge < -0.3 is 16.0 Å². The minimum Gasteiger partial charge on any atom is -0.357 e. The molecular weight excluding hydrogens is 400 g/mol. The normalized spacial score (nSPS) is 11.2. The highest BCUT2D eigenvalue weighted by atomic mass is 79.9. The van der Waals surface area contributed by atoms with Gasteiger partial charge in [0.1, 0.15) is 0 Å². The van der Waals surface area contributed by atoms with Crippen molar-refractivity contribution in [2.24, 2.45) is 4.99 Å². The van der Waals surface area contributed by atoms with Crippen molar-refractivity contribution in [1.29, 1.82) is 0 Å². The molecule has 5 nitrogen and oxygen atoms in total. The summed E-state index contributed by atoms with van der Waals surface area (Å²) in [5, 5.41) is 9.52. The van der Waals surface area contributed by atoms with Crippen LogP contribution in [0.15, 0.2) is 33.7 Å². The third kappa shape index (κ3) is 10.4. The van der Waals surface area contributed by atoms with Gasteiger partial charge in [-0.05, 0) is 56.4 Å². The van der Waals surface area contributed by atoms with Crippen LogP contribution in [0.4, 0.5) is 0 Å². The summed E-state index contributed by atoms with van der Waals surface area (Å²) >= 11 is 5.26. The number of hydrogen-bond donors (Lipinski definition) is 3. The highest BCUT2D eigenvalue weighted by Gasteiger charge is 2.04. The van der Waals surface area contributed by atoms with Gasteiger partial charge in [0.05, 0.1) is 0 Å². The fraction of sp³-hybridized carbons (Fsp3) is 0.556. The summed E-state index contributed by atoms with van der Waals surface area (Å²) < 4.78 is 0.906. The fourth-order valence-corrected chi connectivity index (χ4v) is 3.02. The first-order chi connectivity index (χ1) is 12.2. The third-order valence-corrected chi connectivity index (χ3v) is 4.58. The number of rotatable bonds is 11. The molecule has 1 aromatic carbocycles. The number of nitrogens with zero attached hydrogens (tertiary/aromatic N) is 1. The molecule has 0 bridgehead atoms. The molecule has 0 aliphatic rings. The molecule has 0 radical (unpaired) electrons. The molecule has 0 atom stereocenters. The van der Waals surface area contributed by atoms with Crippen LogP contribution in [-0.2, 0) is 0 Å². The lowest BCUT2D eigenvalue weighted by atomic mass is 10.2. The van der Waals surface area contributed by atoms with Crippen LogP contribution < -0.4 is 16.0 Å². The van der Waals surface area contributed by atoms with Crippen LogP contribution in [0.1, 0.15) is 36.5 Å². The molecule has 0 aliphatic carbocycles. The number of carbonyl (C=O) groups excluding carboxylic acids is 1. The third-order valence-electron chi connectivity index (χ3n) is 3.39. The number of carbonyl (C=O) groups is 1. The first-order valence-corrected chi connectivity index (χ1v) is 10.9. The van der Waals surface area contributed by atoms with E-state index >= 15 is 0 Å². The molecule has 140 valence electrons. The molecule has 25 heavy (non-hydrogen) atoms. The average Bonchev–Trinajstić information content (AvgIpc) is 2.61. The summed E-state index contributed by atoms with van der Waals surface area (Å²) in [6, 6.07) is 7.39. The maximum atomic E-state index is 12.0. The van der Waals surface area contributed by atoms with Crippen LogP contribution in [0.2, 0.25) is 0 Å². The van der Waals surface area contributed by atoms with Crippen LogP contribution >= 0.6 is 27.7 Å². The molecule has 0 heterocycles. The van der Waals surface area contributed by atoms with E-state index in [4.69, 9.17) is 0 Å². The molecule has 0 saturated carbocycles. The van der Waals surface area contributed by atoms with Gasteiger partial charge in [-0.2, -0.15) is 11.8 Å². The van der Waals surface area contributed by atoms with Crippen molar-refractivity contribution in [3.05, 3.63) is 34.3 Å². The summed E-state index contributed by atoms with van der Waals surface area (Å²) in [6.07, 6.45) is 5.31. The SMILES string of the molecule is CCNC(=NCCCNC(=O)c1cccc(Br)c1)NCCCCSC. The largest absolute Gasteiger partial charge is 0.357 e. The Kier molecular flexibility index (Phi) is 12.2. The first kappa shape index (κ1) is 21.8. The van der Waals surface area contributed by atoms with Crippen molar-refractivity contribution in [1.82, 2.24) is 16.0 Å². The average molecular weight is 429 g/mol. The van der Waals surface area contributed by atoms with Crippen molar-refractivity contribution in [2.45, 2.75) is 26.2 Å². The highest BCUT2D eigenvalue weighted by molar-refractivity contribution is 9.10. The Bertz CT molecular complexity index is 540. The molecule has 3 N–H and O–H groups in total. The van der Waals surface area contributed by atoms with E-state index < -0.39 is 0 Å². The molecule has 1 amide bonds. The van der Waals surface area contributed by atoms with E-state index in [1.54, 1.807) is 0 Å². The van der Waals surface area contributed by atoms with Crippen LogP contribution in [-0.4, -0.2) is 50.1 Å². The van der Waals surface area contributed by atoms with Crippen molar-refractivity contribution >= 4 is 39.6 Å². The van der Waals surface area contributed by atoms with E-state index in [1.165, 1.54) is 12.2 Å². The molecule has 0 spiro atoms. The number of nitrogens with one attached hydrogen (secondary N) is 3. The van der Waals surface area contributed by atoms with Crippen molar-refractivity contribution in [3.63, 3.8) is 0 Å². The number of guanidine groups is 1. The van der Waals surface area contributed by atoms with Crippen molar-refractivity contribution in [3.8, 4) is 0 Å². The number of amides is 1.